The van der Waals surface area contributed by atoms with Gasteiger partial charge in [-0.2, -0.15) is 0 Å². The van der Waals surface area contributed by atoms with Crippen molar-refractivity contribution in [1.82, 2.24) is 0 Å². The quantitative estimate of drug-likeness (QED) is 0.374. The fraction of sp³-hybridized carbons (Fsp3) is 0.100. The summed E-state index contributed by atoms with van der Waals surface area (Å²) >= 11 is 3.33. The van der Waals surface area contributed by atoms with E-state index in [4.69, 9.17) is 5.21 Å². The maximum Gasteiger partial charge on any atom is 0.0905 e. The first-order valence-electron chi connectivity index (χ1n) is 3.85. The molecule has 1 N–H and O–H groups in total. The van der Waals surface area contributed by atoms with Gasteiger partial charge in [0.15, 0.2) is 0 Å². The normalized spacial score (nSPS) is 11.3. The molecule has 0 aromatic heterocycles. The third-order valence-electron chi connectivity index (χ3n) is 1.64. The van der Waals surface area contributed by atoms with Gasteiger partial charge < -0.3 is 5.21 Å². The first kappa shape index (κ1) is 9.99. The van der Waals surface area contributed by atoms with Crippen LogP contribution in [0.2, 0.25) is 0 Å². The summed E-state index contributed by atoms with van der Waals surface area (Å²) in [7, 11) is 0. The van der Waals surface area contributed by atoms with Crippen molar-refractivity contribution in [1.29, 1.82) is 0 Å². The van der Waals surface area contributed by atoms with Crippen LogP contribution in [-0.2, 0) is 0 Å². The van der Waals surface area contributed by atoms with Crippen molar-refractivity contribution in [3.05, 3.63) is 47.0 Å². The van der Waals surface area contributed by atoms with Gasteiger partial charge in [0.05, 0.1) is 5.71 Å². The molecule has 0 aliphatic rings. The Hall–Kier alpha value is -1.09. The second-order valence-electron chi connectivity index (χ2n) is 2.55. The van der Waals surface area contributed by atoms with Crippen molar-refractivity contribution in [2.75, 3.05) is 0 Å². The van der Waals surface area contributed by atoms with Gasteiger partial charge in [-0.1, -0.05) is 39.3 Å². The Bertz CT molecular complexity index is 316. The van der Waals surface area contributed by atoms with Gasteiger partial charge in [0.1, 0.15) is 0 Å². The fourth-order valence-corrected chi connectivity index (χ4v) is 1.26. The molecule has 2 nitrogen and oxygen atoms in total. The SMILES string of the molecule is C=CC/C(=N/O)c1ccc(Br)cc1. The molecule has 0 atom stereocenters. The largest absolute Gasteiger partial charge is 0.411 e. The minimum absolute atomic E-state index is 0.568. The third-order valence-corrected chi connectivity index (χ3v) is 2.16. The van der Waals surface area contributed by atoms with Crippen molar-refractivity contribution in [2.45, 2.75) is 6.42 Å². The standard InChI is InChI=1S/C10H10BrNO/c1-2-3-10(12-13)8-4-6-9(11)7-5-8/h2,4-7,13H,1,3H2/b12-10-. The average molecular weight is 240 g/mol. The van der Waals surface area contributed by atoms with Crippen molar-refractivity contribution in [2.24, 2.45) is 5.16 Å². The van der Waals surface area contributed by atoms with Crippen LogP contribution < -0.4 is 0 Å². The summed E-state index contributed by atoms with van der Waals surface area (Å²) in [6, 6.07) is 7.60. The molecule has 13 heavy (non-hydrogen) atoms. The molecule has 0 amide bonds. The van der Waals surface area contributed by atoms with Gasteiger partial charge in [-0.15, -0.1) is 6.58 Å². The number of nitrogens with zero attached hydrogens (tertiary/aromatic N) is 1. The van der Waals surface area contributed by atoms with Crippen molar-refractivity contribution in [3.63, 3.8) is 0 Å². The van der Waals surface area contributed by atoms with Crippen LogP contribution in [0.5, 0.6) is 0 Å². The van der Waals surface area contributed by atoms with E-state index in [1.807, 2.05) is 24.3 Å². The number of hydrogen-bond acceptors (Lipinski definition) is 2. The number of benzene rings is 1. The number of rotatable bonds is 3. The minimum atomic E-state index is 0.568. The molecule has 1 aromatic carbocycles. The van der Waals surface area contributed by atoms with Crippen LogP contribution in [0.25, 0.3) is 0 Å². The fourth-order valence-electron chi connectivity index (χ4n) is 0.995. The van der Waals surface area contributed by atoms with Crippen molar-refractivity contribution >= 4 is 21.6 Å². The monoisotopic (exact) mass is 239 g/mol. The van der Waals surface area contributed by atoms with E-state index in [2.05, 4.69) is 27.7 Å². The third kappa shape index (κ3) is 2.70. The van der Waals surface area contributed by atoms with E-state index in [0.29, 0.717) is 12.1 Å². The van der Waals surface area contributed by atoms with Crippen molar-refractivity contribution in [3.8, 4) is 0 Å². The summed E-state index contributed by atoms with van der Waals surface area (Å²) in [5.74, 6) is 0. The van der Waals surface area contributed by atoms with E-state index in [9.17, 15) is 0 Å². The zero-order chi connectivity index (χ0) is 9.68. The predicted octanol–water partition coefficient (Wildman–Crippen LogP) is 3.20. The van der Waals surface area contributed by atoms with Crippen molar-refractivity contribution < 1.29 is 5.21 Å². The second-order valence-corrected chi connectivity index (χ2v) is 3.46. The van der Waals surface area contributed by atoms with Crippen LogP contribution in [0.4, 0.5) is 0 Å². The molecule has 0 fully saturated rings. The predicted molar refractivity (Wildman–Crippen MR) is 57.3 cm³/mol. The van der Waals surface area contributed by atoms with E-state index in [1.54, 1.807) is 6.08 Å². The molecule has 0 saturated heterocycles. The molecule has 0 aliphatic heterocycles. The molecule has 0 saturated carbocycles. The number of oxime groups is 1. The Morgan fingerprint density at radius 1 is 1.46 bits per heavy atom. The van der Waals surface area contributed by atoms with Crippen LogP contribution in [0.1, 0.15) is 12.0 Å². The Morgan fingerprint density at radius 3 is 2.54 bits per heavy atom. The van der Waals surface area contributed by atoms with Gasteiger partial charge in [-0.05, 0) is 17.7 Å². The maximum absolute atomic E-state index is 8.71. The molecule has 0 unspecified atom stereocenters. The lowest BCUT2D eigenvalue weighted by atomic mass is 10.1. The lowest BCUT2D eigenvalue weighted by Crippen LogP contribution is -1.98. The molecule has 0 bridgehead atoms. The molecule has 0 heterocycles. The van der Waals surface area contributed by atoms with Crippen LogP contribution in [-0.4, -0.2) is 10.9 Å². The zero-order valence-electron chi connectivity index (χ0n) is 7.07. The molecule has 1 rings (SSSR count). The lowest BCUT2D eigenvalue weighted by molar-refractivity contribution is 0.318. The first-order chi connectivity index (χ1) is 6.27. The van der Waals surface area contributed by atoms with E-state index < -0.39 is 0 Å². The summed E-state index contributed by atoms with van der Waals surface area (Å²) < 4.78 is 1.01. The summed E-state index contributed by atoms with van der Waals surface area (Å²) in [4.78, 5) is 0. The Labute approximate surface area is 85.7 Å². The first-order valence-corrected chi connectivity index (χ1v) is 4.65. The molecular formula is C10H10BrNO. The highest BCUT2D eigenvalue weighted by molar-refractivity contribution is 9.10. The molecule has 0 spiro atoms. The zero-order valence-corrected chi connectivity index (χ0v) is 8.66. The van der Waals surface area contributed by atoms with Crippen LogP contribution in [0.15, 0.2) is 46.5 Å². The van der Waals surface area contributed by atoms with Crippen LogP contribution in [0, 0.1) is 0 Å². The summed E-state index contributed by atoms with van der Waals surface area (Å²) in [5.41, 5.74) is 1.54. The van der Waals surface area contributed by atoms with Gasteiger partial charge in [-0.25, -0.2) is 0 Å². The summed E-state index contributed by atoms with van der Waals surface area (Å²) in [6.07, 6.45) is 2.27. The molecule has 0 radical (unpaired) electrons. The Kier molecular flexibility index (Phi) is 3.71. The van der Waals surface area contributed by atoms with E-state index in [-0.39, 0.29) is 0 Å². The highest BCUT2D eigenvalue weighted by atomic mass is 79.9. The minimum Gasteiger partial charge on any atom is -0.411 e. The number of halogens is 1. The number of hydrogen-bond donors (Lipinski definition) is 1. The number of allylic oxidation sites excluding steroid dienone is 1. The highest BCUT2D eigenvalue weighted by Crippen LogP contribution is 2.12. The smallest absolute Gasteiger partial charge is 0.0905 e. The summed E-state index contributed by atoms with van der Waals surface area (Å²) in [6.45, 7) is 3.59. The Balaban J connectivity index is 2.92. The van der Waals surface area contributed by atoms with Crippen LogP contribution >= 0.6 is 15.9 Å². The van der Waals surface area contributed by atoms with E-state index in [0.717, 1.165) is 10.0 Å². The lowest BCUT2D eigenvalue weighted by Gasteiger charge is -2.00. The van der Waals surface area contributed by atoms with Gasteiger partial charge in [0, 0.05) is 10.9 Å². The second kappa shape index (κ2) is 4.82. The van der Waals surface area contributed by atoms with E-state index >= 15 is 0 Å². The molecule has 68 valence electrons. The average Bonchev–Trinajstić information content (AvgIpc) is 2.16. The van der Waals surface area contributed by atoms with Crippen LogP contribution in [0.3, 0.4) is 0 Å². The van der Waals surface area contributed by atoms with Gasteiger partial charge in [0.25, 0.3) is 0 Å². The molecule has 0 aliphatic carbocycles. The Morgan fingerprint density at radius 2 is 2.08 bits per heavy atom. The van der Waals surface area contributed by atoms with Gasteiger partial charge in [0.2, 0.25) is 0 Å². The molecule has 3 heteroatoms. The highest BCUT2D eigenvalue weighted by Gasteiger charge is 2.00. The van der Waals surface area contributed by atoms with E-state index in [1.165, 1.54) is 0 Å². The van der Waals surface area contributed by atoms with Gasteiger partial charge in [-0.3, -0.25) is 0 Å². The molecular weight excluding hydrogens is 230 g/mol. The summed E-state index contributed by atoms with van der Waals surface area (Å²) in [5, 5.41) is 11.9. The van der Waals surface area contributed by atoms with Gasteiger partial charge >= 0.3 is 0 Å². The molecule has 1 aromatic rings. The topological polar surface area (TPSA) is 32.6 Å². The maximum atomic E-state index is 8.71.